The molecule has 126 valence electrons. The number of hydrogen-bond donors (Lipinski definition) is 0. The molecule has 4 rings (SSSR count). The first kappa shape index (κ1) is 15.8. The van der Waals surface area contributed by atoms with E-state index in [1.54, 1.807) is 48.5 Å². The van der Waals surface area contributed by atoms with Crippen molar-refractivity contribution >= 4 is 17.8 Å². The van der Waals surface area contributed by atoms with Crippen molar-refractivity contribution in [3.05, 3.63) is 101 Å². The Bertz CT molecular complexity index is 1000. The third kappa shape index (κ3) is 3.13. The zero-order valence-electron chi connectivity index (χ0n) is 13.7. The van der Waals surface area contributed by atoms with Gasteiger partial charge in [0.25, 0.3) is 0 Å². The molecule has 0 spiro atoms. The smallest absolute Gasteiger partial charge is 0.343 e. The van der Waals surface area contributed by atoms with Gasteiger partial charge >= 0.3 is 5.97 Å². The molecule has 26 heavy (non-hydrogen) atoms. The number of benzene rings is 3. The van der Waals surface area contributed by atoms with Gasteiger partial charge in [0.1, 0.15) is 11.5 Å². The molecule has 0 amide bonds. The van der Waals surface area contributed by atoms with E-state index in [2.05, 4.69) is 0 Å². The molecule has 0 aliphatic carbocycles. The van der Waals surface area contributed by atoms with Crippen molar-refractivity contribution in [1.29, 1.82) is 0 Å². The van der Waals surface area contributed by atoms with Crippen molar-refractivity contribution in [3.8, 4) is 11.5 Å². The van der Waals surface area contributed by atoms with Crippen molar-refractivity contribution in [2.45, 2.75) is 0 Å². The van der Waals surface area contributed by atoms with Crippen molar-refractivity contribution in [2.24, 2.45) is 0 Å². The first-order valence-corrected chi connectivity index (χ1v) is 8.11. The number of ether oxygens (including phenoxy) is 2. The maximum absolute atomic E-state index is 12.5. The maximum atomic E-state index is 12.5. The molecule has 3 aromatic rings. The van der Waals surface area contributed by atoms with E-state index in [4.69, 9.17) is 9.47 Å². The molecular weight excluding hydrogens is 328 g/mol. The van der Waals surface area contributed by atoms with Crippen LogP contribution in [0.5, 0.6) is 11.5 Å². The molecule has 0 unspecified atom stereocenters. The molecule has 0 fully saturated rings. The number of hydrogen-bond acceptors (Lipinski definition) is 4. The Morgan fingerprint density at radius 3 is 2.31 bits per heavy atom. The van der Waals surface area contributed by atoms with Crippen LogP contribution in [0.2, 0.25) is 0 Å². The molecule has 1 aliphatic heterocycles. The predicted octanol–water partition coefficient (Wildman–Crippen LogP) is 4.52. The minimum atomic E-state index is -0.463. The van der Waals surface area contributed by atoms with Gasteiger partial charge in [-0.05, 0) is 35.9 Å². The lowest BCUT2D eigenvalue weighted by Gasteiger charge is -2.05. The van der Waals surface area contributed by atoms with Crippen LogP contribution < -0.4 is 9.47 Å². The predicted molar refractivity (Wildman–Crippen MR) is 97.2 cm³/mol. The van der Waals surface area contributed by atoms with Gasteiger partial charge in [0.05, 0.1) is 11.1 Å². The van der Waals surface area contributed by atoms with Crippen LogP contribution in [0.3, 0.4) is 0 Å². The third-order valence-corrected chi connectivity index (χ3v) is 3.96. The fourth-order valence-corrected chi connectivity index (χ4v) is 2.67. The number of esters is 1. The fourth-order valence-electron chi connectivity index (χ4n) is 2.67. The van der Waals surface area contributed by atoms with Crippen LogP contribution in [0.25, 0.3) is 6.08 Å². The fraction of sp³-hybridized carbons (Fsp3) is 0. The summed E-state index contributed by atoms with van der Waals surface area (Å²) in [7, 11) is 0. The highest BCUT2D eigenvalue weighted by atomic mass is 16.5. The van der Waals surface area contributed by atoms with E-state index in [-0.39, 0.29) is 11.5 Å². The van der Waals surface area contributed by atoms with Crippen LogP contribution in [-0.4, -0.2) is 11.8 Å². The van der Waals surface area contributed by atoms with Gasteiger partial charge in [0, 0.05) is 6.07 Å². The van der Waals surface area contributed by atoms with E-state index < -0.39 is 5.97 Å². The Labute approximate surface area is 150 Å². The van der Waals surface area contributed by atoms with Gasteiger partial charge in [-0.15, -0.1) is 0 Å². The van der Waals surface area contributed by atoms with Crippen LogP contribution in [0.15, 0.2) is 84.6 Å². The van der Waals surface area contributed by atoms with Gasteiger partial charge in [-0.2, -0.15) is 0 Å². The molecular formula is C22H14O4. The summed E-state index contributed by atoms with van der Waals surface area (Å²) in [5, 5.41) is 0. The molecule has 3 aromatic carbocycles. The van der Waals surface area contributed by atoms with Gasteiger partial charge in [0.15, 0.2) is 5.76 Å². The Balaban J connectivity index is 1.56. The highest BCUT2D eigenvalue weighted by molar-refractivity contribution is 6.14. The second kappa shape index (κ2) is 6.69. The zero-order chi connectivity index (χ0) is 17.9. The summed E-state index contributed by atoms with van der Waals surface area (Å²) < 4.78 is 11.0. The Morgan fingerprint density at radius 1 is 0.885 bits per heavy atom. The summed E-state index contributed by atoms with van der Waals surface area (Å²) in [6.45, 7) is 0. The van der Waals surface area contributed by atoms with Gasteiger partial charge in [-0.25, -0.2) is 4.79 Å². The van der Waals surface area contributed by atoms with Crippen molar-refractivity contribution in [1.82, 2.24) is 0 Å². The number of carbonyl (C=O) groups excluding carboxylic acids is 2. The van der Waals surface area contributed by atoms with Crippen LogP contribution in [-0.2, 0) is 0 Å². The van der Waals surface area contributed by atoms with Crippen LogP contribution in [0.1, 0.15) is 26.3 Å². The Kier molecular flexibility index (Phi) is 4.07. The maximum Gasteiger partial charge on any atom is 0.343 e. The van der Waals surface area contributed by atoms with E-state index in [1.165, 1.54) is 0 Å². The molecule has 0 radical (unpaired) electrons. The van der Waals surface area contributed by atoms with E-state index in [1.807, 2.05) is 36.4 Å². The summed E-state index contributed by atoms with van der Waals surface area (Å²) in [6, 6.07) is 22.9. The average molecular weight is 342 g/mol. The lowest BCUT2D eigenvalue weighted by molar-refractivity contribution is 0.0734. The number of ketones is 1. The van der Waals surface area contributed by atoms with E-state index in [9.17, 15) is 9.59 Å². The molecule has 0 N–H and O–H groups in total. The SMILES string of the molecule is O=C(Oc1ccc2c(c1)O/C(=C\c1ccccc1)C2=O)c1ccccc1. The molecule has 0 bridgehead atoms. The van der Waals surface area contributed by atoms with Gasteiger partial charge in [0.2, 0.25) is 5.78 Å². The highest BCUT2D eigenvalue weighted by Crippen LogP contribution is 2.35. The van der Waals surface area contributed by atoms with Crippen molar-refractivity contribution in [3.63, 3.8) is 0 Å². The Morgan fingerprint density at radius 2 is 1.58 bits per heavy atom. The van der Waals surface area contributed by atoms with E-state index in [0.29, 0.717) is 22.6 Å². The third-order valence-electron chi connectivity index (χ3n) is 3.96. The molecule has 0 aromatic heterocycles. The number of Topliss-reactive ketones (excluding diaryl/α,β-unsaturated/α-hetero) is 1. The van der Waals surface area contributed by atoms with Gasteiger partial charge < -0.3 is 9.47 Å². The lowest BCUT2D eigenvalue weighted by Crippen LogP contribution is -2.08. The quantitative estimate of drug-likeness (QED) is 0.399. The number of fused-ring (bicyclic) bond motifs is 1. The second-order valence-electron chi connectivity index (χ2n) is 5.76. The molecule has 0 saturated carbocycles. The first-order chi connectivity index (χ1) is 12.7. The first-order valence-electron chi connectivity index (χ1n) is 8.11. The summed E-state index contributed by atoms with van der Waals surface area (Å²) in [5.74, 6) is 0.305. The van der Waals surface area contributed by atoms with Crippen LogP contribution in [0.4, 0.5) is 0 Å². The zero-order valence-corrected chi connectivity index (χ0v) is 13.7. The summed E-state index contributed by atoms with van der Waals surface area (Å²) in [4.78, 5) is 24.6. The molecule has 1 heterocycles. The molecule has 4 nitrogen and oxygen atoms in total. The highest BCUT2D eigenvalue weighted by Gasteiger charge is 2.28. The minimum absolute atomic E-state index is 0.190. The van der Waals surface area contributed by atoms with Gasteiger partial charge in [-0.1, -0.05) is 48.5 Å². The monoisotopic (exact) mass is 342 g/mol. The van der Waals surface area contributed by atoms with Crippen molar-refractivity contribution in [2.75, 3.05) is 0 Å². The summed E-state index contributed by atoms with van der Waals surface area (Å²) >= 11 is 0. The molecule has 4 heteroatoms. The summed E-state index contributed by atoms with van der Waals surface area (Å²) in [6.07, 6.45) is 1.69. The number of rotatable bonds is 3. The molecule has 0 saturated heterocycles. The minimum Gasteiger partial charge on any atom is -0.452 e. The molecule has 0 atom stereocenters. The van der Waals surface area contributed by atoms with Gasteiger partial charge in [-0.3, -0.25) is 4.79 Å². The van der Waals surface area contributed by atoms with Crippen molar-refractivity contribution < 1.29 is 19.1 Å². The van der Waals surface area contributed by atoms with Crippen LogP contribution in [0, 0.1) is 0 Å². The number of allylic oxidation sites excluding steroid dienone is 1. The lowest BCUT2D eigenvalue weighted by atomic mass is 10.1. The molecule has 1 aliphatic rings. The average Bonchev–Trinajstić information content (AvgIpc) is 2.98. The second-order valence-corrected chi connectivity index (χ2v) is 5.76. The normalized spacial score (nSPS) is 14.0. The number of carbonyl (C=O) groups is 2. The largest absolute Gasteiger partial charge is 0.452 e. The standard InChI is InChI=1S/C22H14O4/c23-21-18-12-11-17(25-22(24)16-9-5-2-6-10-16)14-19(18)26-20(21)13-15-7-3-1-4-8-15/h1-14H/b20-13-. The Hall–Kier alpha value is -3.66. The summed E-state index contributed by atoms with van der Waals surface area (Å²) in [5.41, 5.74) is 1.78. The van der Waals surface area contributed by atoms with E-state index in [0.717, 1.165) is 5.56 Å². The topological polar surface area (TPSA) is 52.6 Å². The van der Waals surface area contributed by atoms with E-state index >= 15 is 0 Å². The van der Waals surface area contributed by atoms with Crippen LogP contribution >= 0.6 is 0 Å².